The van der Waals surface area contributed by atoms with Crippen LogP contribution in [0, 0.1) is 0 Å². The van der Waals surface area contributed by atoms with E-state index in [1.54, 1.807) is 0 Å². The molecule has 6 nitrogen and oxygen atoms in total. The molecule has 1 aliphatic rings. The van der Waals surface area contributed by atoms with Crippen molar-refractivity contribution in [2.75, 3.05) is 4.90 Å². The highest BCUT2D eigenvalue weighted by Crippen LogP contribution is 2.39. The second-order valence-electron chi connectivity index (χ2n) is 6.96. The van der Waals surface area contributed by atoms with Gasteiger partial charge in [0.05, 0.1) is 11.2 Å². The number of thiocarbonyl (C=S) groups is 1. The van der Waals surface area contributed by atoms with Crippen LogP contribution in [-0.4, -0.2) is 19.9 Å². The molecular formula is C21H24N4O2S. The first-order valence-corrected chi connectivity index (χ1v) is 9.93. The molecule has 7 heteroatoms. The minimum absolute atomic E-state index is 0.0272. The van der Waals surface area contributed by atoms with Gasteiger partial charge in [-0.15, -0.1) is 0 Å². The molecular weight excluding hydrogens is 372 g/mol. The van der Waals surface area contributed by atoms with Gasteiger partial charge in [0.15, 0.2) is 5.11 Å². The van der Waals surface area contributed by atoms with E-state index in [9.17, 15) is 10.2 Å². The lowest BCUT2D eigenvalue weighted by molar-refractivity contribution is 0.433. The molecule has 4 N–H and O–H groups in total. The Morgan fingerprint density at radius 3 is 2.68 bits per heavy atom. The standard InChI is InChI=1S/C21H24N4O2S/c1-3-9-24-10-8-14-16(24)6-5-7-17(14)25-20(22-23-21(25)28)15-11-13(4-2)18(26)12-19(15)27/h5-8,10-12,20,22,26-27H,3-4,9H2,1-2H3,(H,23,28). The van der Waals surface area contributed by atoms with Crippen LogP contribution in [0.4, 0.5) is 5.69 Å². The summed E-state index contributed by atoms with van der Waals surface area (Å²) in [5.41, 5.74) is 9.74. The van der Waals surface area contributed by atoms with Crippen molar-refractivity contribution in [1.29, 1.82) is 0 Å². The zero-order valence-corrected chi connectivity index (χ0v) is 16.8. The number of nitrogens with one attached hydrogen (secondary N) is 2. The summed E-state index contributed by atoms with van der Waals surface area (Å²) in [6, 6.07) is 11.5. The zero-order chi connectivity index (χ0) is 19.8. The Bertz CT molecular complexity index is 1050. The van der Waals surface area contributed by atoms with Gasteiger partial charge in [-0.25, -0.2) is 5.43 Å². The first kappa shape index (κ1) is 18.6. The van der Waals surface area contributed by atoms with Gasteiger partial charge in [0.25, 0.3) is 0 Å². The first-order chi connectivity index (χ1) is 13.5. The molecule has 1 aliphatic heterocycles. The van der Waals surface area contributed by atoms with Gasteiger partial charge < -0.3 is 14.8 Å². The van der Waals surface area contributed by atoms with Crippen LogP contribution in [0.2, 0.25) is 0 Å². The summed E-state index contributed by atoms with van der Waals surface area (Å²) in [5, 5.41) is 22.2. The van der Waals surface area contributed by atoms with Crippen molar-refractivity contribution in [1.82, 2.24) is 15.4 Å². The van der Waals surface area contributed by atoms with Crippen LogP contribution >= 0.6 is 12.2 Å². The van der Waals surface area contributed by atoms with E-state index in [2.05, 4.69) is 40.7 Å². The third kappa shape index (κ3) is 2.96. The van der Waals surface area contributed by atoms with Crippen molar-refractivity contribution in [3.8, 4) is 11.5 Å². The topological polar surface area (TPSA) is 72.7 Å². The van der Waals surface area contributed by atoms with Crippen molar-refractivity contribution >= 4 is 33.9 Å². The molecule has 0 spiro atoms. The van der Waals surface area contributed by atoms with E-state index in [0.29, 0.717) is 17.1 Å². The number of phenolic OH excluding ortho intramolecular Hbond substituents is 2. The van der Waals surface area contributed by atoms with Gasteiger partial charge >= 0.3 is 0 Å². The molecule has 146 valence electrons. The number of rotatable bonds is 5. The Labute approximate surface area is 169 Å². The van der Waals surface area contributed by atoms with Gasteiger partial charge in [-0.05, 0) is 54.9 Å². The summed E-state index contributed by atoms with van der Waals surface area (Å²) in [4.78, 5) is 1.97. The molecule has 0 radical (unpaired) electrons. The molecule has 1 fully saturated rings. The van der Waals surface area contributed by atoms with E-state index in [1.165, 1.54) is 6.07 Å². The third-order valence-corrected chi connectivity index (χ3v) is 5.51. The minimum atomic E-state index is -0.390. The predicted octanol–water partition coefficient (Wildman–Crippen LogP) is 3.92. The number of aromatic hydroxyl groups is 2. The van der Waals surface area contributed by atoms with E-state index >= 15 is 0 Å². The average Bonchev–Trinajstić information content (AvgIpc) is 3.26. The first-order valence-electron chi connectivity index (χ1n) is 9.52. The highest BCUT2D eigenvalue weighted by atomic mass is 32.1. The van der Waals surface area contributed by atoms with Crippen LogP contribution < -0.4 is 15.8 Å². The lowest BCUT2D eigenvalue weighted by Crippen LogP contribution is -2.29. The maximum atomic E-state index is 10.5. The normalized spacial score (nSPS) is 16.7. The quantitative estimate of drug-likeness (QED) is 0.490. The van der Waals surface area contributed by atoms with E-state index in [-0.39, 0.29) is 11.5 Å². The number of hydrazine groups is 1. The lowest BCUT2D eigenvalue weighted by Gasteiger charge is -2.26. The van der Waals surface area contributed by atoms with Gasteiger partial charge in [0.2, 0.25) is 0 Å². The fourth-order valence-electron chi connectivity index (χ4n) is 3.83. The Morgan fingerprint density at radius 2 is 1.93 bits per heavy atom. The Kier molecular flexibility index (Phi) is 4.87. The highest BCUT2D eigenvalue weighted by Gasteiger charge is 2.33. The number of phenols is 2. The van der Waals surface area contributed by atoms with Crippen LogP contribution in [0.5, 0.6) is 11.5 Å². The molecule has 3 aromatic rings. The fourth-order valence-corrected chi connectivity index (χ4v) is 4.10. The summed E-state index contributed by atoms with van der Waals surface area (Å²) in [5.74, 6) is 0.127. The number of aromatic nitrogens is 1. The molecule has 1 unspecified atom stereocenters. The molecule has 0 bridgehead atoms. The van der Waals surface area contributed by atoms with Crippen molar-refractivity contribution in [3.05, 3.63) is 53.7 Å². The summed E-state index contributed by atoms with van der Waals surface area (Å²) >= 11 is 5.57. The van der Waals surface area contributed by atoms with Gasteiger partial charge in [0.1, 0.15) is 17.7 Å². The Morgan fingerprint density at radius 1 is 1.11 bits per heavy atom. The molecule has 2 aromatic carbocycles. The maximum Gasteiger partial charge on any atom is 0.189 e. The largest absolute Gasteiger partial charge is 0.508 e. The molecule has 28 heavy (non-hydrogen) atoms. The number of benzene rings is 2. The summed E-state index contributed by atoms with van der Waals surface area (Å²) in [6.07, 6.45) is 3.43. The van der Waals surface area contributed by atoms with Gasteiger partial charge in [0, 0.05) is 29.8 Å². The highest BCUT2D eigenvalue weighted by molar-refractivity contribution is 7.80. The van der Waals surface area contributed by atoms with E-state index in [1.807, 2.05) is 30.0 Å². The second-order valence-corrected chi connectivity index (χ2v) is 7.35. The van der Waals surface area contributed by atoms with Crippen molar-refractivity contribution in [2.24, 2.45) is 0 Å². The third-order valence-electron chi connectivity index (χ3n) is 5.21. The van der Waals surface area contributed by atoms with E-state index in [4.69, 9.17) is 12.2 Å². The maximum absolute atomic E-state index is 10.5. The van der Waals surface area contributed by atoms with E-state index < -0.39 is 6.17 Å². The minimum Gasteiger partial charge on any atom is -0.508 e. The average molecular weight is 397 g/mol. The number of nitrogens with zero attached hydrogens (tertiary/aromatic N) is 2. The summed E-state index contributed by atoms with van der Waals surface area (Å²) < 4.78 is 2.24. The summed E-state index contributed by atoms with van der Waals surface area (Å²) in [7, 11) is 0. The molecule has 0 saturated carbocycles. The number of hydrogen-bond acceptors (Lipinski definition) is 4. The lowest BCUT2D eigenvalue weighted by atomic mass is 10.0. The number of anilines is 1. The monoisotopic (exact) mass is 396 g/mol. The molecule has 1 aromatic heterocycles. The smallest absolute Gasteiger partial charge is 0.189 e. The van der Waals surface area contributed by atoms with Gasteiger partial charge in [-0.1, -0.05) is 19.9 Å². The molecule has 0 aliphatic carbocycles. The SMILES string of the molecule is CCCn1ccc2c(N3C(=S)NNC3c3cc(CC)c(O)cc3O)cccc21. The van der Waals surface area contributed by atoms with Gasteiger partial charge in [-0.3, -0.25) is 10.3 Å². The molecule has 4 rings (SSSR count). The fraction of sp³-hybridized carbons (Fsp3) is 0.286. The predicted molar refractivity (Wildman–Crippen MR) is 115 cm³/mol. The van der Waals surface area contributed by atoms with Crippen molar-refractivity contribution in [3.63, 3.8) is 0 Å². The second kappa shape index (κ2) is 7.33. The summed E-state index contributed by atoms with van der Waals surface area (Å²) in [6.45, 7) is 5.08. The van der Waals surface area contributed by atoms with E-state index in [0.717, 1.165) is 35.1 Å². The number of fused-ring (bicyclic) bond motifs is 1. The zero-order valence-electron chi connectivity index (χ0n) is 15.9. The molecule has 0 amide bonds. The Balaban J connectivity index is 1.83. The van der Waals surface area contributed by atoms with Crippen molar-refractivity contribution in [2.45, 2.75) is 39.4 Å². The van der Waals surface area contributed by atoms with Gasteiger partial charge in [-0.2, -0.15) is 0 Å². The van der Waals surface area contributed by atoms with Crippen LogP contribution in [-0.2, 0) is 13.0 Å². The molecule has 1 saturated heterocycles. The van der Waals surface area contributed by atoms with Crippen LogP contribution in [0.15, 0.2) is 42.6 Å². The Hall–Kier alpha value is -2.77. The van der Waals surface area contributed by atoms with Crippen LogP contribution in [0.25, 0.3) is 10.9 Å². The van der Waals surface area contributed by atoms with Crippen molar-refractivity contribution < 1.29 is 10.2 Å². The van der Waals surface area contributed by atoms with Crippen LogP contribution in [0.1, 0.15) is 37.6 Å². The number of hydrogen-bond donors (Lipinski definition) is 4. The number of aryl methyl sites for hydroxylation is 2. The molecule has 2 heterocycles. The molecule has 1 atom stereocenters. The van der Waals surface area contributed by atoms with Crippen LogP contribution in [0.3, 0.4) is 0 Å².